The number of phenolic OH excluding ortho intramolecular Hbond substituents is 1. The summed E-state index contributed by atoms with van der Waals surface area (Å²) in [5.41, 5.74) is 1.04. The number of carbonyl (C=O) groups is 1. The Balaban J connectivity index is 1.69. The molecule has 1 spiro atoms. The minimum Gasteiger partial charge on any atom is -0.507 e. The fourth-order valence-corrected chi connectivity index (χ4v) is 5.20. The molecule has 1 unspecified atom stereocenters. The number of carbonyl (C=O) groups excluding carboxylic acids is 1. The van der Waals surface area contributed by atoms with Gasteiger partial charge in [-0.15, -0.1) is 0 Å². The van der Waals surface area contributed by atoms with Crippen LogP contribution in [0.5, 0.6) is 5.75 Å². The number of rotatable bonds is 2. The van der Waals surface area contributed by atoms with E-state index < -0.39 is 16.9 Å². The zero-order valence-corrected chi connectivity index (χ0v) is 18.4. The van der Waals surface area contributed by atoms with E-state index in [-0.39, 0.29) is 22.8 Å². The van der Waals surface area contributed by atoms with Crippen LogP contribution in [0.3, 0.4) is 0 Å². The van der Waals surface area contributed by atoms with Crippen LogP contribution in [0.4, 0.5) is 10.1 Å². The first kappa shape index (κ1) is 20.2. The van der Waals surface area contributed by atoms with Gasteiger partial charge in [0, 0.05) is 16.8 Å². The third-order valence-electron chi connectivity index (χ3n) is 6.63. The minimum atomic E-state index is -1.39. The van der Waals surface area contributed by atoms with Crippen molar-refractivity contribution in [2.24, 2.45) is 5.10 Å². The van der Waals surface area contributed by atoms with Crippen LogP contribution < -0.4 is 10.6 Å². The van der Waals surface area contributed by atoms with Gasteiger partial charge in [-0.3, -0.25) is 14.3 Å². The van der Waals surface area contributed by atoms with Gasteiger partial charge in [-0.1, -0.05) is 36.4 Å². The fourth-order valence-electron chi connectivity index (χ4n) is 5.20. The largest absolute Gasteiger partial charge is 0.507 e. The van der Waals surface area contributed by atoms with Crippen molar-refractivity contribution in [2.45, 2.75) is 19.4 Å². The maximum absolute atomic E-state index is 14.2. The monoisotopic (exact) mass is 454 g/mol. The maximum atomic E-state index is 14.2. The lowest BCUT2D eigenvalue weighted by Crippen LogP contribution is -2.48. The molecule has 2 aliphatic heterocycles. The lowest BCUT2D eigenvalue weighted by Gasteiger charge is -2.27. The Morgan fingerprint density at radius 3 is 2.41 bits per heavy atom. The average Bonchev–Trinajstić information content (AvgIpc) is 3.40. The molecular weight excluding hydrogens is 435 g/mol. The van der Waals surface area contributed by atoms with Crippen molar-refractivity contribution >= 4 is 17.3 Å². The molecule has 8 heteroatoms. The Kier molecular flexibility index (Phi) is 4.02. The number of hydrogen-bond acceptors (Lipinski definition) is 4. The first-order chi connectivity index (χ1) is 16.4. The Morgan fingerprint density at radius 2 is 1.65 bits per heavy atom. The Bertz CT molecular complexity index is 1600. The number of phenols is 1. The minimum absolute atomic E-state index is 0.0736. The van der Waals surface area contributed by atoms with E-state index in [1.807, 2.05) is 30.3 Å². The summed E-state index contributed by atoms with van der Waals surface area (Å²) in [6.45, 7) is 3.45. The molecule has 34 heavy (non-hydrogen) atoms. The third kappa shape index (κ3) is 2.31. The lowest BCUT2D eigenvalue weighted by atomic mass is 9.85. The number of para-hydroxylation sites is 2. The Morgan fingerprint density at radius 1 is 0.941 bits per heavy atom. The van der Waals surface area contributed by atoms with Crippen molar-refractivity contribution in [1.82, 2.24) is 9.36 Å². The molecule has 1 amide bonds. The van der Waals surface area contributed by atoms with Gasteiger partial charge < -0.3 is 5.11 Å². The molecule has 2 aliphatic rings. The van der Waals surface area contributed by atoms with Crippen molar-refractivity contribution in [1.29, 1.82) is 0 Å². The van der Waals surface area contributed by atoms with Crippen molar-refractivity contribution in [3.05, 3.63) is 100 Å². The molecular formula is C26H19FN4O3. The SMILES string of the molecule is CC1=NN(c2ccccc2)C(=O)C12c1ccccc1-n1c(=O)c(-c3cc(F)ccc3O)c(C)n12. The van der Waals surface area contributed by atoms with E-state index in [2.05, 4.69) is 5.10 Å². The van der Waals surface area contributed by atoms with Crippen LogP contribution in [0.2, 0.25) is 0 Å². The highest BCUT2D eigenvalue weighted by Gasteiger charge is 2.59. The second-order valence-electron chi connectivity index (χ2n) is 8.42. The van der Waals surface area contributed by atoms with Crippen LogP contribution in [0, 0.1) is 12.7 Å². The van der Waals surface area contributed by atoms with E-state index in [1.165, 1.54) is 15.8 Å². The smallest absolute Gasteiger partial charge is 0.285 e. The molecule has 0 aliphatic carbocycles. The normalized spacial score (nSPS) is 18.4. The van der Waals surface area contributed by atoms with E-state index >= 15 is 0 Å². The fraction of sp³-hybridized carbons (Fsp3) is 0.115. The van der Waals surface area contributed by atoms with Crippen LogP contribution in [-0.2, 0) is 10.3 Å². The Labute approximate surface area is 193 Å². The number of amides is 1. The van der Waals surface area contributed by atoms with Gasteiger partial charge in [0.05, 0.1) is 22.6 Å². The molecule has 0 bridgehead atoms. The van der Waals surface area contributed by atoms with Crippen molar-refractivity contribution in [2.75, 3.05) is 5.01 Å². The summed E-state index contributed by atoms with van der Waals surface area (Å²) in [5, 5.41) is 16.4. The molecule has 0 saturated heterocycles. The number of halogens is 1. The van der Waals surface area contributed by atoms with Crippen LogP contribution in [0.1, 0.15) is 18.2 Å². The van der Waals surface area contributed by atoms with Crippen LogP contribution in [-0.4, -0.2) is 26.1 Å². The summed E-state index contributed by atoms with van der Waals surface area (Å²) in [4.78, 5) is 27.9. The van der Waals surface area contributed by atoms with Crippen LogP contribution in [0.25, 0.3) is 16.8 Å². The number of aromatic nitrogens is 2. The molecule has 1 N–H and O–H groups in total. The topological polar surface area (TPSA) is 79.8 Å². The molecule has 0 saturated carbocycles. The number of anilines is 1. The number of fused-ring (bicyclic) bond motifs is 5. The van der Waals surface area contributed by atoms with E-state index in [1.54, 1.807) is 42.8 Å². The molecule has 6 rings (SSSR count). The molecule has 7 nitrogen and oxygen atoms in total. The number of nitrogens with zero attached hydrogens (tertiary/aromatic N) is 4. The molecule has 4 aromatic rings. The molecule has 3 aromatic carbocycles. The van der Waals surface area contributed by atoms with E-state index in [9.17, 15) is 19.1 Å². The summed E-state index contributed by atoms with van der Waals surface area (Å²) in [6, 6.07) is 19.7. The van der Waals surface area contributed by atoms with Gasteiger partial charge in [-0.2, -0.15) is 10.1 Å². The van der Waals surface area contributed by atoms with Crippen molar-refractivity contribution in [3.63, 3.8) is 0 Å². The highest BCUT2D eigenvalue weighted by atomic mass is 19.1. The third-order valence-corrected chi connectivity index (χ3v) is 6.63. The number of hydrazone groups is 1. The lowest BCUT2D eigenvalue weighted by molar-refractivity contribution is -0.122. The Hall–Kier alpha value is -4.46. The van der Waals surface area contributed by atoms with Gasteiger partial charge >= 0.3 is 0 Å². The van der Waals surface area contributed by atoms with Crippen molar-refractivity contribution in [3.8, 4) is 22.6 Å². The second kappa shape index (κ2) is 6.77. The second-order valence-corrected chi connectivity index (χ2v) is 8.42. The van der Waals surface area contributed by atoms with Crippen LogP contribution >= 0.6 is 0 Å². The van der Waals surface area contributed by atoms with E-state index in [0.717, 1.165) is 12.1 Å². The number of benzene rings is 3. The first-order valence-corrected chi connectivity index (χ1v) is 10.8. The predicted octanol–water partition coefficient (Wildman–Crippen LogP) is 3.94. The van der Waals surface area contributed by atoms with Gasteiger partial charge in [0.2, 0.25) is 5.54 Å². The van der Waals surface area contributed by atoms with Crippen molar-refractivity contribution < 1.29 is 14.3 Å². The molecule has 168 valence electrons. The highest BCUT2D eigenvalue weighted by molar-refractivity contribution is 6.23. The molecule has 1 atom stereocenters. The predicted molar refractivity (Wildman–Crippen MR) is 126 cm³/mol. The average molecular weight is 454 g/mol. The summed E-state index contributed by atoms with van der Waals surface area (Å²) < 4.78 is 17.1. The molecule has 0 radical (unpaired) electrons. The summed E-state index contributed by atoms with van der Waals surface area (Å²) in [7, 11) is 0. The van der Waals surface area contributed by atoms with Gasteiger partial charge in [0.1, 0.15) is 11.6 Å². The number of hydrogen-bond donors (Lipinski definition) is 1. The standard InChI is InChI=1S/C26H19FN4O3/c1-15-23(19-14-17(27)12-13-22(19)32)24(33)30-21-11-7-6-10-20(21)26(31(15)30)16(2)28-29(25(26)34)18-8-4-3-5-9-18/h3-14,32H,1-2H3. The quantitative estimate of drug-likeness (QED) is 0.498. The highest BCUT2D eigenvalue weighted by Crippen LogP contribution is 2.46. The molecule has 3 heterocycles. The summed E-state index contributed by atoms with van der Waals surface area (Å²) in [6.07, 6.45) is 0. The van der Waals surface area contributed by atoms with Gasteiger partial charge in [0.25, 0.3) is 11.5 Å². The van der Waals surface area contributed by atoms with Gasteiger partial charge in [0.15, 0.2) is 0 Å². The zero-order valence-electron chi connectivity index (χ0n) is 18.4. The first-order valence-electron chi connectivity index (χ1n) is 10.8. The van der Waals surface area contributed by atoms with Gasteiger partial charge in [-0.05, 0) is 50.2 Å². The molecule has 1 aromatic heterocycles. The summed E-state index contributed by atoms with van der Waals surface area (Å²) >= 11 is 0. The maximum Gasteiger partial charge on any atom is 0.285 e. The van der Waals surface area contributed by atoms with Crippen LogP contribution in [0.15, 0.2) is 82.7 Å². The van der Waals surface area contributed by atoms with Gasteiger partial charge in [-0.25, -0.2) is 9.07 Å². The number of aromatic hydroxyl groups is 1. The summed E-state index contributed by atoms with van der Waals surface area (Å²) in [5.74, 6) is -1.13. The van der Waals surface area contributed by atoms with E-state index in [4.69, 9.17) is 0 Å². The molecule has 0 fully saturated rings. The van der Waals surface area contributed by atoms with E-state index in [0.29, 0.717) is 28.3 Å². The zero-order chi connectivity index (χ0) is 23.8.